The fraction of sp³-hybridized carbons (Fsp3) is 0.353. The molecule has 0 aliphatic carbocycles. The lowest BCUT2D eigenvalue weighted by atomic mass is 10.3. The normalized spacial score (nSPS) is 14.1. The van der Waals surface area contributed by atoms with Crippen LogP contribution in [0.2, 0.25) is 0 Å². The summed E-state index contributed by atoms with van der Waals surface area (Å²) in [5.41, 5.74) is 0.999. The molecule has 2 heterocycles. The molecule has 0 spiro atoms. The average Bonchev–Trinajstić information content (AvgIpc) is 3.15. The molecule has 1 aromatic carbocycles. The van der Waals surface area contributed by atoms with E-state index >= 15 is 0 Å². The largest absolute Gasteiger partial charge is 0.573 e. The van der Waals surface area contributed by atoms with E-state index in [9.17, 15) is 18.0 Å². The van der Waals surface area contributed by atoms with Crippen molar-refractivity contribution in [2.75, 3.05) is 23.3 Å². The molecule has 0 bridgehead atoms. The number of hydrogen-bond donors (Lipinski definition) is 2. The second-order valence-electron chi connectivity index (χ2n) is 5.92. The Morgan fingerprint density at radius 2 is 1.85 bits per heavy atom. The van der Waals surface area contributed by atoms with Crippen LogP contribution in [0.1, 0.15) is 18.5 Å². The van der Waals surface area contributed by atoms with Gasteiger partial charge in [0.2, 0.25) is 5.95 Å². The van der Waals surface area contributed by atoms with Gasteiger partial charge in [-0.1, -0.05) is 0 Å². The Kier molecular flexibility index (Phi) is 5.63. The van der Waals surface area contributed by atoms with E-state index in [2.05, 4.69) is 30.2 Å². The number of ether oxygens (including phenoxy) is 1. The third-order valence-corrected chi connectivity index (χ3v) is 3.87. The van der Waals surface area contributed by atoms with E-state index in [0.717, 1.165) is 38.1 Å². The van der Waals surface area contributed by atoms with E-state index in [1.54, 1.807) is 12.3 Å². The van der Waals surface area contributed by atoms with Crippen LogP contribution in [0.15, 0.2) is 36.5 Å². The smallest absolute Gasteiger partial charge is 0.406 e. The van der Waals surface area contributed by atoms with E-state index in [1.165, 1.54) is 12.1 Å². The van der Waals surface area contributed by atoms with Crippen molar-refractivity contribution in [2.45, 2.75) is 25.7 Å². The third-order valence-electron chi connectivity index (χ3n) is 3.87. The zero-order valence-corrected chi connectivity index (χ0v) is 14.3. The minimum atomic E-state index is -4.75. The van der Waals surface area contributed by atoms with Crippen molar-refractivity contribution in [1.29, 1.82) is 0 Å². The first-order valence-corrected chi connectivity index (χ1v) is 8.36. The van der Waals surface area contributed by atoms with Gasteiger partial charge in [0.15, 0.2) is 0 Å². The predicted molar refractivity (Wildman–Crippen MR) is 92.5 cm³/mol. The standard InChI is InChI=1S/C17H18F3N5O2/c18-17(19,20)27-14-5-3-12(4-6-14)24-16(26)22-11-13-7-8-21-15(23-13)25-9-1-2-10-25/h3-8H,1-2,9-11H2,(H2,22,24,26). The first-order valence-electron chi connectivity index (χ1n) is 8.36. The fourth-order valence-corrected chi connectivity index (χ4v) is 2.64. The summed E-state index contributed by atoms with van der Waals surface area (Å²) in [5, 5.41) is 5.18. The quantitative estimate of drug-likeness (QED) is 0.831. The van der Waals surface area contributed by atoms with Gasteiger partial charge in [0.05, 0.1) is 12.2 Å². The Hall–Kier alpha value is -3.04. The molecule has 1 aromatic heterocycles. The van der Waals surface area contributed by atoms with Crippen LogP contribution in [0.5, 0.6) is 5.75 Å². The minimum Gasteiger partial charge on any atom is -0.406 e. The van der Waals surface area contributed by atoms with Gasteiger partial charge < -0.3 is 20.3 Å². The summed E-state index contributed by atoms with van der Waals surface area (Å²) in [6.45, 7) is 2.04. The summed E-state index contributed by atoms with van der Waals surface area (Å²) in [4.78, 5) is 22.7. The highest BCUT2D eigenvalue weighted by Crippen LogP contribution is 2.23. The number of aromatic nitrogens is 2. The van der Waals surface area contributed by atoms with Crippen LogP contribution < -0.4 is 20.3 Å². The van der Waals surface area contributed by atoms with Crippen LogP contribution >= 0.6 is 0 Å². The summed E-state index contributed by atoms with van der Waals surface area (Å²) in [6.07, 6.45) is -0.880. The second-order valence-corrected chi connectivity index (χ2v) is 5.92. The lowest BCUT2D eigenvalue weighted by Gasteiger charge is -2.15. The van der Waals surface area contributed by atoms with Gasteiger partial charge in [-0.2, -0.15) is 0 Å². The van der Waals surface area contributed by atoms with Crippen molar-refractivity contribution in [3.8, 4) is 5.75 Å². The van der Waals surface area contributed by atoms with Crippen LogP contribution in [-0.4, -0.2) is 35.5 Å². The van der Waals surface area contributed by atoms with E-state index < -0.39 is 12.4 Å². The number of benzene rings is 1. The number of anilines is 2. The Bertz CT molecular complexity index is 777. The summed E-state index contributed by atoms with van der Waals surface area (Å²) in [5.74, 6) is 0.288. The van der Waals surface area contributed by atoms with Crippen molar-refractivity contribution in [3.05, 3.63) is 42.2 Å². The van der Waals surface area contributed by atoms with Crippen molar-refractivity contribution in [2.24, 2.45) is 0 Å². The topological polar surface area (TPSA) is 79.4 Å². The summed E-state index contributed by atoms with van der Waals surface area (Å²) in [6, 6.07) is 6.09. The summed E-state index contributed by atoms with van der Waals surface area (Å²) < 4.78 is 40.2. The van der Waals surface area contributed by atoms with Crippen molar-refractivity contribution in [1.82, 2.24) is 15.3 Å². The molecule has 0 saturated carbocycles. The molecular weight excluding hydrogens is 363 g/mol. The molecule has 144 valence electrons. The maximum Gasteiger partial charge on any atom is 0.573 e. The van der Waals surface area contributed by atoms with E-state index in [1.807, 2.05) is 0 Å². The van der Waals surface area contributed by atoms with Crippen molar-refractivity contribution in [3.63, 3.8) is 0 Å². The van der Waals surface area contributed by atoms with Crippen LogP contribution in [0.3, 0.4) is 0 Å². The van der Waals surface area contributed by atoms with Gasteiger partial charge in [0.25, 0.3) is 0 Å². The number of nitrogens with one attached hydrogen (secondary N) is 2. The zero-order chi connectivity index (χ0) is 19.3. The van der Waals surface area contributed by atoms with Gasteiger partial charge in [-0.3, -0.25) is 0 Å². The monoisotopic (exact) mass is 381 g/mol. The molecule has 10 heteroatoms. The van der Waals surface area contributed by atoms with Crippen LogP contribution in [0.4, 0.5) is 29.6 Å². The number of hydrogen-bond acceptors (Lipinski definition) is 5. The molecule has 2 N–H and O–H groups in total. The molecule has 27 heavy (non-hydrogen) atoms. The van der Waals surface area contributed by atoms with E-state index in [-0.39, 0.29) is 12.3 Å². The number of amides is 2. The Morgan fingerprint density at radius 3 is 2.52 bits per heavy atom. The second kappa shape index (κ2) is 8.11. The van der Waals surface area contributed by atoms with Gasteiger partial charge in [-0.15, -0.1) is 13.2 Å². The van der Waals surface area contributed by atoms with Crippen molar-refractivity contribution < 1.29 is 22.7 Å². The molecule has 2 amide bonds. The van der Waals surface area contributed by atoms with Gasteiger partial charge in [0, 0.05) is 25.0 Å². The van der Waals surface area contributed by atoms with Crippen LogP contribution in [0, 0.1) is 0 Å². The summed E-state index contributed by atoms with van der Waals surface area (Å²) >= 11 is 0. The summed E-state index contributed by atoms with van der Waals surface area (Å²) in [7, 11) is 0. The van der Waals surface area contributed by atoms with E-state index in [0.29, 0.717) is 17.3 Å². The molecule has 7 nitrogen and oxygen atoms in total. The van der Waals surface area contributed by atoms with Crippen molar-refractivity contribution >= 4 is 17.7 Å². The number of rotatable bonds is 5. The molecule has 1 fully saturated rings. The number of urea groups is 1. The number of nitrogens with zero attached hydrogens (tertiary/aromatic N) is 3. The maximum absolute atomic E-state index is 12.1. The number of carbonyl (C=O) groups is 1. The number of carbonyl (C=O) groups excluding carboxylic acids is 1. The fourth-order valence-electron chi connectivity index (χ4n) is 2.64. The average molecular weight is 381 g/mol. The molecule has 0 atom stereocenters. The first kappa shape index (κ1) is 18.7. The SMILES string of the molecule is O=C(NCc1ccnc(N2CCCC2)n1)Nc1ccc(OC(F)(F)F)cc1. The first-order chi connectivity index (χ1) is 12.9. The van der Waals surface area contributed by atoms with E-state index in [4.69, 9.17) is 0 Å². The molecule has 0 unspecified atom stereocenters. The molecule has 3 rings (SSSR count). The highest BCUT2D eigenvalue weighted by atomic mass is 19.4. The molecule has 1 saturated heterocycles. The highest BCUT2D eigenvalue weighted by Gasteiger charge is 2.30. The number of alkyl halides is 3. The zero-order valence-electron chi connectivity index (χ0n) is 14.3. The molecular formula is C17H18F3N5O2. The maximum atomic E-state index is 12.1. The van der Waals surface area contributed by atoms with Gasteiger partial charge in [0.1, 0.15) is 5.75 Å². The van der Waals surface area contributed by atoms with Crippen LogP contribution in [-0.2, 0) is 6.54 Å². The third kappa shape index (κ3) is 5.73. The van der Waals surface area contributed by atoms with Gasteiger partial charge >= 0.3 is 12.4 Å². The lowest BCUT2D eigenvalue weighted by molar-refractivity contribution is -0.274. The predicted octanol–water partition coefficient (Wildman–Crippen LogP) is 3.30. The van der Waals surface area contributed by atoms with Gasteiger partial charge in [-0.25, -0.2) is 14.8 Å². The Labute approximate surface area is 153 Å². The van der Waals surface area contributed by atoms with Crippen LogP contribution in [0.25, 0.3) is 0 Å². The molecule has 2 aromatic rings. The Balaban J connectivity index is 1.50. The van der Waals surface area contributed by atoms with Gasteiger partial charge in [-0.05, 0) is 43.2 Å². The highest BCUT2D eigenvalue weighted by molar-refractivity contribution is 5.89. The molecule has 0 radical (unpaired) electrons. The number of halogens is 3. The molecule has 1 aliphatic rings. The Morgan fingerprint density at radius 1 is 1.15 bits per heavy atom. The molecule has 1 aliphatic heterocycles. The lowest BCUT2D eigenvalue weighted by Crippen LogP contribution is -2.29. The minimum absolute atomic E-state index is 0.199.